The highest BCUT2D eigenvalue weighted by Gasteiger charge is 2.25. The Hall–Kier alpha value is -2.74. The van der Waals surface area contributed by atoms with Gasteiger partial charge in [0.15, 0.2) is 11.8 Å². The summed E-state index contributed by atoms with van der Waals surface area (Å²) < 4.78 is 6.86. The number of unbranched alkanes of at least 4 members (excludes halogenated alkanes) is 1. The van der Waals surface area contributed by atoms with Crippen LogP contribution in [0, 0.1) is 0 Å². The van der Waals surface area contributed by atoms with Crippen LogP contribution in [0.1, 0.15) is 26.7 Å². The van der Waals surface area contributed by atoms with Crippen LogP contribution >= 0.6 is 11.6 Å². The van der Waals surface area contributed by atoms with Crippen LogP contribution in [0.15, 0.2) is 33.9 Å². The first kappa shape index (κ1) is 20.6. The van der Waals surface area contributed by atoms with Gasteiger partial charge in [-0.25, -0.2) is 4.79 Å². The molecule has 1 unspecified atom stereocenters. The molecule has 0 aliphatic carbocycles. The minimum absolute atomic E-state index is 0.0493. The highest BCUT2D eigenvalue weighted by Crippen LogP contribution is 2.20. The third-order valence-corrected chi connectivity index (χ3v) is 4.34. The average molecular weight is 395 g/mol. The number of halogens is 1. The summed E-state index contributed by atoms with van der Waals surface area (Å²) in [7, 11) is 1.42. The molecular formula is C18H23ClN4O4. The van der Waals surface area contributed by atoms with Gasteiger partial charge in [-0.1, -0.05) is 24.9 Å². The number of carbonyl (C=O) groups excluding carboxylic acids is 1. The number of carbonyl (C=O) groups is 1. The molecule has 146 valence electrons. The van der Waals surface area contributed by atoms with Gasteiger partial charge in [0.05, 0.1) is 0 Å². The van der Waals surface area contributed by atoms with Gasteiger partial charge in [-0.15, -0.1) is 0 Å². The normalized spacial score (nSPS) is 11.9. The molecule has 2 rings (SSSR count). The van der Waals surface area contributed by atoms with Gasteiger partial charge < -0.3 is 15.4 Å². The molecule has 1 amide bonds. The molecule has 27 heavy (non-hydrogen) atoms. The van der Waals surface area contributed by atoms with Crippen LogP contribution in [0.3, 0.4) is 0 Å². The standard InChI is InChI=1S/C18H23ClN4O4/c1-4-5-10-23-15(20)14(16(24)21-18(23)26)22(3)17(25)11(2)27-13-8-6-12(19)7-9-13/h6-9,11H,4-5,10,20H2,1-3H3,(H,21,24,26). The number of nitrogens with one attached hydrogen (secondary N) is 1. The summed E-state index contributed by atoms with van der Waals surface area (Å²) in [5, 5.41) is 0.548. The number of anilines is 2. The van der Waals surface area contributed by atoms with Crippen molar-refractivity contribution >= 4 is 29.0 Å². The Bertz CT molecular complexity index is 920. The van der Waals surface area contributed by atoms with E-state index in [1.165, 1.54) is 11.6 Å². The topological polar surface area (TPSA) is 110 Å². The van der Waals surface area contributed by atoms with Gasteiger partial charge in [-0.2, -0.15) is 0 Å². The predicted molar refractivity (Wildman–Crippen MR) is 106 cm³/mol. The van der Waals surface area contributed by atoms with E-state index >= 15 is 0 Å². The number of aromatic nitrogens is 2. The summed E-state index contributed by atoms with van der Waals surface area (Å²) in [6.07, 6.45) is 0.677. The van der Waals surface area contributed by atoms with E-state index in [2.05, 4.69) is 4.98 Å². The van der Waals surface area contributed by atoms with Gasteiger partial charge in [0.2, 0.25) is 0 Å². The first-order valence-electron chi connectivity index (χ1n) is 8.58. The van der Waals surface area contributed by atoms with Crippen molar-refractivity contribution in [3.8, 4) is 5.75 Å². The summed E-state index contributed by atoms with van der Waals surface area (Å²) >= 11 is 5.83. The van der Waals surface area contributed by atoms with Crippen molar-refractivity contribution in [2.75, 3.05) is 17.7 Å². The Kier molecular flexibility index (Phi) is 6.68. The predicted octanol–water partition coefficient (Wildman–Crippen LogP) is 2.00. The zero-order valence-electron chi connectivity index (χ0n) is 15.5. The second kappa shape index (κ2) is 8.77. The molecule has 0 aliphatic rings. The smallest absolute Gasteiger partial charge is 0.330 e. The van der Waals surface area contributed by atoms with E-state index in [9.17, 15) is 14.4 Å². The van der Waals surface area contributed by atoms with Crippen molar-refractivity contribution in [3.63, 3.8) is 0 Å². The highest BCUT2D eigenvalue weighted by molar-refractivity contribution is 6.30. The number of H-pyrrole nitrogens is 1. The lowest BCUT2D eigenvalue weighted by Gasteiger charge is -2.23. The molecule has 0 saturated carbocycles. The Balaban J connectivity index is 2.28. The first-order chi connectivity index (χ1) is 12.8. The van der Waals surface area contributed by atoms with Crippen molar-refractivity contribution in [1.29, 1.82) is 0 Å². The maximum absolute atomic E-state index is 12.7. The summed E-state index contributed by atoms with van der Waals surface area (Å²) in [5.74, 6) is -0.0713. The molecule has 0 radical (unpaired) electrons. The largest absolute Gasteiger partial charge is 0.481 e. The maximum atomic E-state index is 12.7. The summed E-state index contributed by atoms with van der Waals surface area (Å²) in [5.41, 5.74) is 4.63. The van der Waals surface area contributed by atoms with E-state index in [0.29, 0.717) is 23.7 Å². The van der Waals surface area contributed by atoms with Gasteiger partial charge in [-0.3, -0.25) is 19.1 Å². The first-order valence-corrected chi connectivity index (χ1v) is 8.96. The Labute approximate surface area is 161 Å². The van der Waals surface area contributed by atoms with Crippen LogP contribution < -0.4 is 26.6 Å². The third kappa shape index (κ3) is 4.71. The van der Waals surface area contributed by atoms with Crippen molar-refractivity contribution < 1.29 is 9.53 Å². The van der Waals surface area contributed by atoms with Crippen LogP contribution in [0.5, 0.6) is 5.75 Å². The van der Waals surface area contributed by atoms with Gasteiger partial charge in [-0.05, 0) is 37.6 Å². The third-order valence-electron chi connectivity index (χ3n) is 4.09. The van der Waals surface area contributed by atoms with Crippen molar-refractivity contribution in [2.24, 2.45) is 0 Å². The number of nitrogens with two attached hydrogens (primary N) is 1. The number of rotatable bonds is 7. The molecule has 8 nitrogen and oxygen atoms in total. The number of amides is 1. The number of benzene rings is 1. The zero-order chi connectivity index (χ0) is 20.1. The Morgan fingerprint density at radius 3 is 2.56 bits per heavy atom. The SMILES string of the molecule is CCCCn1c(N)c(N(C)C(=O)C(C)Oc2ccc(Cl)cc2)c(=O)[nH]c1=O. The Morgan fingerprint density at radius 2 is 1.96 bits per heavy atom. The number of aromatic amines is 1. The van der Waals surface area contributed by atoms with Crippen LogP contribution in [0.4, 0.5) is 11.5 Å². The molecule has 0 spiro atoms. The van der Waals surface area contributed by atoms with Crippen molar-refractivity contribution in [1.82, 2.24) is 9.55 Å². The van der Waals surface area contributed by atoms with Crippen LogP contribution in [0.2, 0.25) is 5.02 Å². The molecule has 1 heterocycles. The van der Waals surface area contributed by atoms with Gasteiger partial charge in [0, 0.05) is 18.6 Å². The molecule has 0 saturated heterocycles. The van der Waals surface area contributed by atoms with Crippen LogP contribution in [-0.4, -0.2) is 28.6 Å². The molecule has 0 bridgehead atoms. The monoisotopic (exact) mass is 394 g/mol. The molecule has 3 N–H and O–H groups in total. The molecule has 2 aromatic rings. The summed E-state index contributed by atoms with van der Waals surface area (Å²) in [4.78, 5) is 40.3. The fourth-order valence-electron chi connectivity index (χ4n) is 2.59. The van der Waals surface area contributed by atoms with Crippen LogP contribution in [-0.2, 0) is 11.3 Å². The highest BCUT2D eigenvalue weighted by atomic mass is 35.5. The number of nitrogens with zero attached hydrogens (tertiary/aromatic N) is 2. The lowest BCUT2D eigenvalue weighted by molar-refractivity contribution is -0.124. The molecule has 1 atom stereocenters. The molecule has 0 fully saturated rings. The van der Waals surface area contributed by atoms with E-state index in [1.54, 1.807) is 31.2 Å². The van der Waals surface area contributed by atoms with Crippen LogP contribution in [0.25, 0.3) is 0 Å². The summed E-state index contributed by atoms with van der Waals surface area (Å²) in [6, 6.07) is 6.56. The van der Waals surface area contributed by atoms with Gasteiger partial charge in [0.1, 0.15) is 11.6 Å². The lowest BCUT2D eigenvalue weighted by atomic mass is 10.3. The second-order valence-electron chi connectivity index (χ2n) is 6.11. The van der Waals surface area contributed by atoms with E-state index in [4.69, 9.17) is 22.1 Å². The number of likely N-dealkylation sites (N-methyl/N-ethyl adjacent to an activating group) is 1. The molecule has 0 aliphatic heterocycles. The maximum Gasteiger partial charge on any atom is 0.330 e. The van der Waals surface area contributed by atoms with E-state index in [1.807, 2.05) is 6.92 Å². The number of nitrogen functional groups attached to an aromatic ring is 1. The van der Waals surface area contributed by atoms with E-state index in [0.717, 1.165) is 11.3 Å². The lowest BCUT2D eigenvalue weighted by Crippen LogP contribution is -2.43. The molecular weight excluding hydrogens is 372 g/mol. The quantitative estimate of drug-likeness (QED) is 0.746. The molecule has 1 aromatic heterocycles. The number of ether oxygens (including phenoxy) is 1. The minimum Gasteiger partial charge on any atom is -0.481 e. The van der Waals surface area contributed by atoms with Gasteiger partial charge >= 0.3 is 5.69 Å². The van der Waals surface area contributed by atoms with E-state index < -0.39 is 23.3 Å². The zero-order valence-corrected chi connectivity index (χ0v) is 16.2. The fourth-order valence-corrected chi connectivity index (χ4v) is 2.72. The number of hydrogen-bond acceptors (Lipinski definition) is 5. The van der Waals surface area contributed by atoms with Crippen molar-refractivity contribution in [2.45, 2.75) is 39.3 Å². The molecule has 1 aromatic carbocycles. The fraction of sp³-hybridized carbons (Fsp3) is 0.389. The number of hydrogen-bond donors (Lipinski definition) is 2. The minimum atomic E-state index is -0.883. The average Bonchev–Trinajstić information content (AvgIpc) is 2.62. The van der Waals surface area contributed by atoms with Gasteiger partial charge in [0.25, 0.3) is 11.5 Å². The molecule has 9 heteroatoms. The summed E-state index contributed by atoms with van der Waals surface area (Å²) in [6.45, 7) is 3.88. The van der Waals surface area contributed by atoms with E-state index in [-0.39, 0.29) is 11.5 Å². The second-order valence-corrected chi connectivity index (χ2v) is 6.55. The Morgan fingerprint density at radius 1 is 1.33 bits per heavy atom. The van der Waals surface area contributed by atoms with Crippen molar-refractivity contribution in [3.05, 3.63) is 50.1 Å².